The quantitative estimate of drug-likeness (QED) is 0.470. The second-order valence-electron chi connectivity index (χ2n) is 7.11. The minimum atomic E-state index is 0.0342. The van der Waals surface area contributed by atoms with E-state index in [1.807, 2.05) is 30.5 Å². The molecular formula is C23H31NO3. The highest BCUT2D eigenvalue weighted by Gasteiger charge is 2.12. The molecule has 0 radical (unpaired) electrons. The molecule has 4 nitrogen and oxygen atoms in total. The average molecular weight is 370 g/mol. The Labute approximate surface area is 162 Å². The Morgan fingerprint density at radius 2 is 1.52 bits per heavy atom. The molecule has 0 aromatic heterocycles. The first-order chi connectivity index (χ1) is 13.0. The highest BCUT2D eigenvalue weighted by atomic mass is 16.5. The van der Waals surface area contributed by atoms with Gasteiger partial charge in [-0.2, -0.15) is 0 Å². The maximum absolute atomic E-state index is 8.66. The number of para-hydroxylation sites is 1. The summed E-state index contributed by atoms with van der Waals surface area (Å²) < 4.78 is 10.8. The monoisotopic (exact) mass is 369 g/mol. The molecule has 4 heteroatoms. The third-order valence-electron chi connectivity index (χ3n) is 4.30. The largest absolute Gasteiger partial charge is 0.491 e. The van der Waals surface area contributed by atoms with Crippen LogP contribution in [-0.2, 0) is 4.74 Å². The van der Waals surface area contributed by atoms with E-state index in [1.54, 1.807) is 0 Å². The van der Waals surface area contributed by atoms with Crippen molar-refractivity contribution in [2.75, 3.05) is 26.4 Å². The molecule has 0 unspecified atom stereocenters. The fourth-order valence-corrected chi connectivity index (χ4v) is 2.84. The lowest BCUT2D eigenvalue weighted by atomic mass is 9.93. The van der Waals surface area contributed by atoms with E-state index in [2.05, 4.69) is 45.9 Å². The van der Waals surface area contributed by atoms with E-state index in [0.29, 0.717) is 31.7 Å². The molecule has 2 rings (SSSR count). The van der Waals surface area contributed by atoms with E-state index in [0.717, 1.165) is 17.0 Å². The van der Waals surface area contributed by atoms with Crippen LogP contribution in [-0.4, -0.2) is 37.7 Å². The Balaban J connectivity index is 2.08. The fraction of sp³-hybridized carbons (Fsp3) is 0.435. The first kappa shape index (κ1) is 21.1. The van der Waals surface area contributed by atoms with Crippen molar-refractivity contribution in [3.05, 3.63) is 59.2 Å². The van der Waals surface area contributed by atoms with Crippen LogP contribution < -0.4 is 4.74 Å². The van der Waals surface area contributed by atoms with E-state index in [1.165, 1.54) is 11.1 Å². The number of aliphatic imine (C=N–C) groups is 1. The van der Waals surface area contributed by atoms with Crippen molar-refractivity contribution in [1.82, 2.24) is 0 Å². The van der Waals surface area contributed by atoms with E-state index >= 15 is 0 Å². The molecule has 0 heterocycles. The zero-order valence-corrected chi connectivity index (χ0v) is 16.8. The molecular weight excluding hydrogens is 338 g/mol. The topological polar surface area (TPSA) is 51.0 Å². The summed E-state index contributed by atoms with van der Waals surface area (Å²) in [7, 11) is 0. The molecule has 0 saturated carbocycles. The first-order valence-corrected chi connectivity index (χ1v) is 9.61. The van der Waals surface area contributed by atoms with Crippen LogP contribution in [0.5, 0.6) is 5.75 Å². The van der Waals surface area contributed by atoms with Gasteiger partial charge in [0.1, 0.15) is 12.4 Å². The maximum Gasteiger partial charge on any atom is 0.119 e. The minimum absolute atomic E-state index is 0.0342. The summed E-state index contributed by atoms with van der Waals surface area (Å²) >= 11 is 0. The Hall–Kier alpha value is -2.17. The van der Waals surface area contributed by atoms with Gasteiger partial charge in [0.2, 0.25) is 0 Å². The number of hydrogen-bond acceptors (Lipinski definition) is 4. The van der Waals surface area contributed by atoms with Crippen LogP contribution >= 0.6 is 0 Å². The van der Waals surface area contributed by atoms with Gasteiger partial charge < -0.3 is 14.6 Å². The molecule has 0 spiro atoms. The summed E-state index contributed by atoms with van der Waals surface area (Å²) in [4.78, 5) is 4.83. The Kier molecular flexibility index (Phi) is 8.49. The Bertz CT molecular complexity index is 695. The van der Waals surface area contributed by atoms with Gasteiger partial charge in [-0.3, -0.25) is 4.99 Å². The summed E-state index contributed by atoms with van der Waals surface area (Å²) in [5.74, 6) is 1.66. The van der Waals surface area contributed by atoms with Crippen molar-refractivity contribution in [2.45, 2.75) is 39.5 Å². The SMILES string of the molecule is CC(C)c1cccc(C(C)C)c1/N=C/c1ccc(OCCOCCO)cc1. The van der Waals surface area contributed by atoms with Gasteiger partial charge in [0, 0.05) is 6.21 Å². The molecule has 0 bridgehead atoms. The summed E-state index contributed by atoms with van der Waals surface area (Å²) in [6.45, 7) is 10.1. The number of aliphatic hydroxyl groups excluding tert-OH is 1. The van der Waals surface area contributed by atoms with E-state index in [9.17, 15) is 0 Å². The maximum atomic E-state index is 8.66. The van der Waals surface area contributed by atoms with Crippen LogP contribution in [0.1, 0.15) is 56.2 Å². The van der Waals surface area contributed by atoms with E-state index < -0.39 is 0 Å². The zero-order valence-electron chi connectivity index (χ0n) is 16.8. The number of ether oxygens (including phenoxy) is 2. The lowest BCUT2D eigenvalue weighted by Crippen LogP contribution is -2.09. The van der Waals surface area contributed by atoms with Crippen LogP contribution in [0.2, 0.25) is 0 Å². The average Bonchev–Trinajstić information content (AvgIpc) is 2.66. The van der Waals surface area contributed by atoms with Crippen LogP contribution in [0.15, 0.2) is 47.5 Å². The van der Waals surface area contributed by atoms with Gasteiger partial charge >= 0.3 is 0 Å². The molecule has 0 fully saturated rings. The van der Waals surface area contributed by atoms with Gasteiger partial charge in [-0.15, -0.1) is 0 Å². The van der Waals surface area contributed by atoms with Crippen LogP contribution in [0.25, 0.3) is 0 Å². The predicted octanol–water partition coefficient (Wildman–Crippen LogP) is 5.07. The van der Waals surface area contributed by atoms with Gasteiger partial charge in [-0.1, -0.05) is 45.9 Å². The highest BCUT2D eigenvalue weighted by Crippen LogP contribution is 2.34. The molecule has 2 aromatic rings. The highest BCUT2D eigenvalue weighted by molar-refractivity contribution is 5.83. The lowest BCUT2D eigenvalue weighted by Gasteiger charge is -2.16. The molecule has 146 valence electrons. The number of nitrogens with zero attached hydrogens (tertiary/aromatic N) is 1. The number of benzene rings is 2. The van der Waals surface area contributed by atoms with Crippen molar-refractivity contribution in [1.29, 1.82) is 0 Å². The van der Waals surface area contributed by atoms with Gasteiger partial charge in [0.15, 0.2) is 0 Å². The molecule has 0 amide bonds. The normalized spacial score (nSPS) is 11.7. The lowest BCUT2D eigenvalue weighted by molar-refractivity contribution is 0.0705. The number of rotatable bonds is 10. The molecule has 27 heavy (non-hydrogen) atoms. The van der Waals surface area contributed by atoms with E-state index in [4.69, 9.17) is 19.6 Å². The fourth-order valence-electron chi connectivity index (χ4n) is 2.84. The van der Waals surface area contributed by atoms with Gasteiger partial charge in [0.05, 0.1) is 25.5 Å². The van der Waals surface area contributed by atoms with Crippen molar-refractivity contribution < 1.29 is 14.6 Å². The summed E-state index contributed by atoms with van der Waals surface area (Å²) in [6, 6.07) is 14.3. The third kappa shape index (κ3) is 6.49. The second-order valence-corrected chi connectivity index (χ2v) is 7.11. The standard InChI is InChI=1S/C23H31NO3/c1-17(2)21-6-5-7-22(18(3)4)23(21)24-16-19-8-10-20(11-9-19)27-15-14-26-13-12-25/h5-11,16-18,25H,12-15H2,1-4H3/b24-16+. The molecule has 2 aromatic carbocycles. The number of aliphatic hydroxyl groups is 1. The summed E-state index contributed by atoms with van der Waals surface area (Å²) in [5.41, 5.74) is 4.68. The van der Waals surface area contributed by atoms with Crippen LogP contribution in [0.4, 0.5) is 5.69 Å². The molecule has 0 aliphatic carbocycles. The molecule has 0 atom stereocenters. The second kappa shape index (κ2) is 10.9. The van der Waals surface area contributed by atoms with Crippen LogP contribution in [0.3, 0.4) is 0 Å². The predicted molar refractivity (Wildman–Crippen MR) is 112 cm³/mol. The zero-order chi connectivity index (χ0) is 19.6. The smallest absolute Gasteiger partial charge is 0.119 e. The van der Waals surface area contributed by atoms with Crippen molar-refractivity contribution >= 4 is 11.9 Å². The molecule has 0 aliphatic heterocycles. The Morgan fingerprint density at radius 3 is 2.07 bits per heavy atom. The molecule has 0 saturated heterocycles. The van der Waals surface area contributed by atoms with Gasteiger partial charge in [-0.25, -0.2) is 0 Å². The van der Waals surface area contributed by atoms with Crippen molar-refractivity contribution in [3.63, 3.8) is 0 Å². The van der Waals surface area contributed by atoms with Gasteiger partial charge in [-0.05, 0) is 52.8 Å². The van der Waals surface area contributed by atoms with E-state index in [-0.39, 0.29) is 6.61 Å². The summed E-state index contributed by atoms with van der Waals surface area (Å²) in [5, 5.41) is 8.66. The Morgan fingerprint density at radius 1 is 0.889 bits per heavy atom. The molecule has 0 aliphatic rings. The summed E-state index contributed by atoms with van der Waals surface area (Å²) in [6.07, 6.45) is 1.92. The van der Waals surface area contributed by atoms with Crippen molar-refractivity contribution in [3.8, 4) is 5.75 Å². The number of hydrogen-bond donors (Lipinski definition) is 1. The van der Waals surface area contributed by atoms with Crippen molar-refractivity contribution in [2.24, 2.45) is 4.99 Å². The van der Waals surface area contributed by atoms with Crippen LogP contribution in [0, 0.1) is 0 Å². The molecule has 1 N–H and O–H groups in total. The first-order valence-electron chi connectivity index (χ1n) is 9.61. The minimum Gasteiger partial charge on any atom is -0.491 e. The third-order valence-corrected chi connectivity index (χ3v) is 4.30. The van der Waals surface area contributed by atoms with Gasteiger partial charge in [0.25, 0.3) is 0 Å².